The largest absolute Gasteiger partial charge is 0.469 e. The maximum atomic E-state index is 11.6. The zero-order valence-electron chi connectivity index (χ0n) is 23.9. The molecule has 2 heterocycles. The Morgan fingerprint density at radius 2 is 1.63 bits per heavy atom. The van der Waals surface area contributed by atoms with Crippen LogP contribution in [0.2, 0.25) is 0 Å². The van der Waals surface area contributed by atoms with Crippen molar-refractivity contribution in [3.8, 4) is 0 Å². The average molecular weight is 518 g/mol. The summed E-state index contributed by atoms with van der Waals surface area (Å²) in [6.07, 6.45) is 5.24. The van der Waals surface area contributed by atoms with Crippen molar-refractivity contribution in [3.63, 3.8) is 0 Å². The molecule has 7 nitrogen and oxygen atoms in total. The fourth-order valence-electron chi connectivity index (χ4n) is 4.50. The Balaban J connectivity index is 0.00000127. The number of hydrogen-bond acceptors (Lipinski definition) is 6. The Kier molecular flexibility index (Phi) is 10.7. The summed E-state index contributed by atoms with van der Waals surface area (Å²) < 4.78 is 7.09. The highest BCUT2D eigenvalue weighted by Crippen LogP contribution is 2.31. The normalized spacial score (nSPS) is 11.1. The predicted octanol–water partition coefficient (Wildman–Crippen LogP) is 6.14. The summed E-state index contributed by atoms with van der Waals surface area (Å²) in [5, 5.41) is 1.02. The quantitative estimate of drug-likeness (QED) is 0.254. The first-order valence-corrected chi connectivity index (χ1v) is 13.7. The summed E-state index contributed by atoms with van der Waals surface area (Å²) >= 11 is 0. The van der Waals surface area contributed by atoms with E-state index in [0.29, 0.717) is 18.7 Å². The van der Waals surface area contributed by atoms with Crippen molar-refractivity contribution in [3.05, 3.63) is 65.0 Å². The van der Waals surface area contributed by atoms with Crippen molar-refractivity contribution in [1.82, 2.24) is 19.4 Å². The molecule has 7 heteroatoms. The van der Waals surface area contributed by atoms with Crippen molar-refractivity contribution in [2.75, 3.05) is 26.9 Å². The van der Waals surface area contributed by atoms with Crippen molar-refractivity contribution in [2.45, 2.75) is 72.4 Å². The van der Waals surface area contributed by atoms with Crippen LogP contribution in [0.15, 0.2) is 42.5 Å². The summed E-state index contributed by atoms with van der Waals surface area (Å²) in [5.41, 5.74) is 12.6. The third-order valence-corrected chi connectivity index (χ3v) is 6.31. The summed E-state index contributed by atoms with van der Waals surface area (Å²) in [4.78, 5) is 23.4. The molecule has 0 radical (unpaired) electrons. The Morgan fingerprint density at radius 3 is 2.26 bits per heavy atom. The molecule has 0 unspecified atom stereocenters. The van der Waals surface area contributed by atoms with E-state index in [9.17, 15) is 4.79 Å². The monoisotopic (exact) mass is 517 g/mol. The first kappa shape index (κ1) is 29.1. The molecule has 0 fully saturated rings. The number of nitrogens with two attached hydrogens (primary N) is 1. The molecule has 0 bridgehead atoms. The number of pyridine rings is 1. The van der Waals surface area contributed by atoms with Crippen LogP contribution in [-0.4, -0.2) is 46.6 Å². The minimum atomic E-state index is -0.219. The summed E-state index contributed by atoms with van der Waals surface area (Å²) in [6.45, 7) is 8.08. The topological polar surface area (TPSA) is 86.3 Å². The minimum absolute atomic E-state index is 0.219. The number of aryl methyl sites for hydroxylation is 2. The highest BCUT2D eigenvalue weighted by Gasteiger charge is 2.18. The maximum absolute atomic E-state index is 11.6. The summed E-state index contributed by atoms with van der Waals surface area (Å²) in [6, 6.07) is 15.0. The molecular weight excluding hydrogens is 474 g/mol. The van der Waals surface area contributed by atoms with Gasteiger partial charge in [-0.05, 0) is 49.7 Å². The van der Waals surface area contributed by atoms with E-state index in [2.05, 4.69) is 85.7 Å². The third-order valence-electron chi connectivity index (χ3n) is 6.31. The Hall–Kier alpha value is -3.45. The molecule has 2 aromatic carbocycles. The number of nitrogen functional groups attached to an aromatic ring is 1. The number of benzene rings is 2. The molecule has 4 rings (SSSR count). The molecule has 0 aliphatic heterocycles. The first-order chi connectivity index (χ1) is 18.3. The van der Waals surface area contributed by atoms with Gasteiger partial charge in [0, 0.05) is 31.3 Å². The van der Waals surface area contributed by atoms with Crippen LogP contribution in [0.5, 0.6) is 0 Å². The van der Waals surface area contributed by atoms with Gasteiger partial charge in [0.1, 0.15) is 11.3 Å². The van der Waals surface area contributed by atoms with Gasteiger partial charge in [0.15, 0.2) is 5.82 Å². The van der Waals surface area contributed by atoms with E-state index in [1.807, 2.05) is 6.07 Å². The number of carbonyl (C=O) groups is 1. The lowest BCUT2D eigenvalue weighted by Gasteiger charge is -2.13. The number of methoxy groups -OCH3 is 1. The number of carbonyl (C=O) groups excluding carboxylic acids is 1. The lowest BCUT2D eigenvalue weighted by Crippen LogP contribution is -2.11. The zero-order valence-corrected chi connectivity index (χ0v) is 23.9. The lowest BCUT2D eigenvalue weighted by atomic mass is 10.1. The number of ether oxygens (including phenoxy) is 1. The van der Waals surface area contributed by atoms with Crippen molar-refractivity contribution < 1.29 is 9.53 Å². The molecule has 2 N–H and O–H groups in total. The highest BCUT2D eigenvalue weighted by molar-refractivity contribution is 6.06. The molecule has 0 spiro atoms. The van der Waals surface area contributed by atoms with Crippen LogP contribution in [0.4, 0.5) is 5.82 Å². The van der Waals surface area contributed by atoms with E-state index >= 15 is 0 Å². The number of hydrogen-bond donors (Lipinski definition) is 1. The molecule has 0 amide bonds. The van der Waals surface area contributed by atoms with Crippen LogP contribution >= 0.6 is 0 Å². The van der Waals surface area contributed by atoms with Crippen LogP contribution in [-0.2, 0) is 35.5 Å². The van der Waals surface area contributed by atoms with Crippen molar-refractivity contribution >= 4 is 33.7 Å². The van der Waals surface area contributed by atoms with Gasteiger partial charge in [0.05, 0.1) is 18.1 Å². The fourth-order valence-corrected chi connectivity index (χ4v) is 4.50. The molecule has 38 heavy (non-hydrogen) atoms. The Morgan fingerprint density at radius 1 is 0.974 bits per heavy atom. The van der Waals surface area contributed by atoms with Crippen LogP contribution in [0.3, 0.4) is 0 Å². The van der Waals surface area contributed by atoms with Gasteiger partial charge in [-0.3, -0.25) is 4.79 Å². The number of esters is 1. The Labute approximate surface area is 227 Å². The number of aromatic nitrogens is 3. The molecule has 0 saturated heterocycles. The van der Waals surface area contributed by atoms with Gasteiger partial charge in [-0.25, -0.2) is 9.97 Å². The van der Waals surface area contributed by atoms with E-state index in [0.717, 1.165) is 65.7 Å². The van der Waals surface area contributed by atoms with Crippen LogP contribution in [0.25, 0.3) is 21.9 Å². The number of nitrogens with zero attached hydrogens (tertiary/aromatic N) is 4. The first-order valence-electron chi connectivity index (χ1n) is 13.7. The molecule has 4 aromatic rings. The number of imidazole rings is 1. The SMILES string of the molecule is CCC.CCCCc1nc2c(N)nc3cc(CCC(=O)OC)ccc3c2n1Cc1ccc(CN(C)C)cc1. The lowest BCUT2D eigenvalue weighted by molar-refractivity contribution is -0.140. The number of unbranched alkanes of at least 4 members (excludes halogenated alkanes) is 1. The number of rotatable bonds is 10. The molecule has 0 atom stereocenters. The molecule has 2 aromatic heterocycles. The predicted molar refractivity (Wildman–Crippen MR) is 157 cm³/mol. The van der Waals surface area contributed by atoms with Gasteiger partial charge >= 0.3 is 5.97 Å². The minimum Gasteiger partial charge on any atom is -0.469 e. The highest BCUT2D eigenvalue weighted by atomic mass is 16.5. The molecule has 0 saturated carbocycles. The molecule has 0 aliphatic carbocycles. The van der Waals surface area contributed by atoms with Crippen molar-refractivity contribution in [2.24, 2.45) is 0 Å². The van der Waals surface area contributed by atoms with E-state index in [1.165, 1.54) is 24.7 Å². The van der Waals surface area contributed by atoms with Gasteiger partial charge in [0.2, 0.25) is 0 Å². The van der Waals surface area contributed by atoms with Gasteiger partial charge in [-0.15, -0.1) is 0 Å². The second-order valence-electron chi connectivity index (χ2n) is 10.1. The second kappa shape index (κ2) is 13.9. The van der Waals surface area contributed by atoms with Crippen molar-refractivity contribution in [1.29, 1.82) is 0 Å². The van der Waals surface area contributed by atoms with E-state index in [1.54, 1.807) is 0 Å². The van der Waals surface area contributed by atoms with E-state index in [4.69, 9.17) is 15.5 Å². The van der Waals surface area contributed by atoms with Gasteiger partial charge in [-0.2, -0.15) is 0 Å². The smallest absolute Gasteiger partial charge is 0.305 e. The van der Waals surface area contributed by atoms with Gasteiger partial charge in [0.25, 0.3) is 0 Å². The average Bonchev–Trinajstić information content (AvgIpc) is 3.26. The second-order valence-corrected chi connectivity index (χ2v) is 10.1. The van der Waals surface area contributed by atoms with E-state index < -0.39 is 0 Å². The van der Waals surface area contributed by atoms with Crippen LogP contribution in [0.1, 0.15) is 69.0 Å². The zero-order chi connectivity index (χ0) is 27.7. The number of fused-ring (bicyclic) bond motifs is 3. The molecule has 0 aliphatic rings. The summed E-state index contributed by atoms with van der Waals surface area (Å²) in [7, 11) is 5.57. The van der Waals surface area contributed by atoms with Crippen LogP contribution < -0.4 is 5.73 Å². The van der Waals surface area contributed by atoms with Crippen LogP contribution in [0, 0.1) is 0 Å². The Bertz CT molecular complexity index is 1340. The summed E-state index contributed by atoms with van der Waals surface area (Å²) in [5.74, 6) is 1.26. The van der Waals surface area contributed by atoms with E-state index in [-0.39, 0.29) is 5.97 Å². The maximum Gasteiger partial charge on any atom is 0.305 e. The van der Waals surface area contributed by atoms with Gasteiger partial charge in [-0.1, -0.05) is 70.0 Å². The molecule has 204 valence electrons. The van der Waals surface area contributed by atoms with Gasteiger partial charge < -0.3 is 19.9 Å². The number of anilines is 1. The standard InChI is InChI=1S/C28H35N5O2.C3H8/c1-5-6-7-24-31-26-27(33(24)18-21-10-8-20(9-11-21)17-32(2)3)22-14-12-19(13-15-25(34)35-4)16-23(22)30-28(26)29;1-3-2/h8-12,14,16H,5-7,13,15,17-18H2,1-4H3,(H2,29,30);3H2,1-2H3. The third kappa shape index (κ3) is 7.32. The fraction of sp³-hybridized carbons (Fsp3) is 0.452. The molecular formula is C31H43N5O2.